The monoisotopic (exact) mass is 800 g/mol. The number of ether oxygens (including phenoxy) is 2. The van der Waals surface area contributed by atoms with Crippen molar-refractivity contribution in [1.29, 1.82) is 0 Å². The lowest BCUT2D eigenvalue weighted by Crippen LogP contribution is -2.31. The van der Waals surface area contributed by atoms with Gasteiger partial charge in [-0.3, -0.25) is 14.9 Å². The molecule has 4 aromatic carbocycles. The van der Waals surface area contributed by atoms with Gasteiger partial charge in [0.2, 0.25) is 0 Å². The number of hydrogen-bond donors (Lipinski definition) is 3. The van der Waals surface area contributed by atoms with Crippen LogP contribution < -0.4 is 19.7 Å². The number of fused-ring (bicyclic) bond motifs is 1. The number of aryl methyl sites for hydroxylation is 1. The quantitative estimate of drug-likeness (QED) is 0.0758. The molecule has 2 saturated heterocycles. The first-order valence-electron chi connectivity index (χ1n) is 19.5. The molecular formula is C44H44N6O7S. The molecule has 0 bridgehead atoms. The van der Waals surface area contributed by atoms with E-state index in [0.717, 1.165) is 66.9 Å². The lowest BCUT2D eigenvalue weighted by Gasteiger charge is -2.29. The van der Waals surface area contributed by atoms with Crippen LogP contribution >= 0.6 is 0 Å². The van der Waals surface area contributed by atoms with Gasteiger partial charge in [0.1, 0.15) is 22.8 Å². The Bertz CT molecular complexity index is 2570. The second-order valence-electron chi connectivity index (χ2n) is 14.7. The molecule has 0 saturated carbocycles. The standard InChI is InChI=1S/C44H44N6O7S/c1-2-30-6-3-4-7-37(30)40-8-5-21-49(40)34-12-9-31(10-13-34)32-11-15-38(42(25-32)57-35-24-33-17-20-45-43(33)47-28-35)44(51)48-58(54,55)36-14-16-39(41(26-36)50(52)53)46-27-29-18-22-56-23-19-29/h3-4,6-7,9-17,20,24-26,28-29,40,46H,2,5,8,18-19,21-23,27H2,1H3,(H,45,47)(H,48,51). The first kappa shape index (κ1) is 38.6. The van der Waals surface area contributed by atoms with Crippen molar-refractivity contribution in [2.45, 2.75) is 50.0 Å². The van der Waals surface area contributed by atoms with Crippen molar-refractivity contribution in [1.82, 2.24) is 14.7 Å². The molecule has 6 aromatic rings. The first-order chi connectivity index (χ1) is 28.2. The summed E-state index contributed by atoms with van der Waals surface area (Å²) in [5, 5.41) is 15.9. The third-order valence-electron chi connectivity index (χ3n) is 11.0. The van der Waals surface area contributed by atoms with Gasteiger partial charge in [0.05, 0.1) is 27.6 Å². The number of anilines is 2. The van der Waals surface area contributed by atoms with Gasteiger partial charge in [0, 0.05) is 49.6 Å². The summed E-state index contributed by atoms with van der Waals surface area (Å²) in [5.74, 6) is -0.260. The molecule has 8 rings (SSSR count). The molecule has 2 fully saturated rings. The normalized spacial score (nSPS) is 16.0. The Balaban J connectivity index is 1.06. The maximum atomic E-state index is 13.9. The summed E-state index contributed by atoms with van der Waals surface area (Å²) in [5.41, 5.74) is 5.82. The van der Waals surface area contributed by atoms with Gasteiger partial charge in [0.25, 0.3) is 21.6 Å². The number of benzene rings is 4. The molecule has 0 aliphatic carbocycles. The van der Waals surface area contributed by atoms with Crippen LogP contribution in [0.5, 0.6) is 11.5 Å². The van der Waals surface area contributed by atoms with Gasteiger partial charge in [-0.2, -0.15) is 0 Å². The molecular weight excluding hydrogens is 757 g/mol. The van der Waals surface area contributed by atoms with E-state index in [1.807, 2.05) is 18.2 Å². The minimum absolute atomic E-state index is 0.0585. The van der Waals surface area contributed by atoms with E-state index in [0.29, 0.717) is 37.2 Å². The fourth-order valence-corrected chi connectivity index (χ4v) is 8.91. The largest absolute Gasteiger partial charge is 0.455 e. The van der Waals surface area contributed by atoms with Crippen molar-refractivity contribution < 1.29 is 27.6 Å². The number of H-pyrrole nitrogens is 1. The Hall–Kier alpha value is -6.25. The van der Waals surface area contributed by atoms with Crippen LogP contribution in [0.2, 0.25) is 0 Å². The molecule has 1 amide bonds. The van der Waals surface area contributed by atoms with E-state index >= 15 is 0 Å². The summed E-state index contributed by atoms with van der Waals surface area (Å²) >= 11 is 0. The van der Waals surface area contributed by atoms with Gasteiger partial charge in [-0.1, -0.05) is 49.4 Å². The molecule has 298 valence electrons. The highest BCUT2D eigenvalue weighted by molar-refractivity contribution is 7.90. The van der Waals surface area contributed by atoms with Crippen LogP contribution in [0.4, 0.5) is 17.1 Å². The predicted octanol–water partition coefficient (Wildman–Crippen LogP) is 8.79. The number of nitro benzene ring substituents is 1. The third kappa shape index (κ3) is 8.25. The number of hydrogen-bond acceptors (Lipinski definition) is 10. The number of carbonyl (C=O) groups excluding carboxylic acids is 1. The zero-order chi connectivity index (χ0) is 40.2. The van der Waals surface area contributed by atoms with Crippen molar-refractivity contribution in [2.75, 3.05) is 36.5 Å². The predicted molar refractivity (Wildman–Crippen MR) is 223 cm³/mol. The van der Waals surface area contributed by atoms with Crippen LogP contribution in [0.25, 0.3) is 22.2 Å². The molecule has 2 aliphatic heterocycles. The highest BCUT2D eigenvalue weighted by Gasteiger charge is 2.29. The topological polar surface area (TPSA) is 169 Å². The SMILES string of the molecule is CCc1ccccc1C1CCCN1c1ccc(-c2ccc(C(=O)NS(=O)(=O)c3ccc(NCC4CCOCC4)c([N+](=O)[O-])c3)c(Oc3cnc4[nH]ccc4c3)c2)cc1. The molecule has 0 radical (unpaired) electrons. The van der Waals surface area contributed by atoms with Gasteiger partial charge in [-0.15, -0.1) is 0 Å². The molecule has 13 nitrogen and oxygen atoms in total. The molecule has 58 heavy (non-hydrogen) atoms. The summed E-state index contributed by atoms with van der Waals surface area (Å²) in [6.07, 6.45) is 8.07. The Morgan fingerprint density at radius 1 is 0.983 bits per heavy atom. The van der Waals surface area contributed by atoms with E-state index in [2.05, 4.69) is 68.2 Å². The highest BCUT2D eigenvalue weighted by atomic mass is 32.2. The second kappa shape index (κ2) is 16.7. The van der Waals surface area contributed by atoms with E-state index in [-0.39, 0.29) is 22.9 Å². The summed E-state index contributed by atoms with van der Waals surface area (Å²) in [6.45, 7) is 4.88. The van der Waals surface area contributed by atoms with Crippen LogP contribution in [0.1, 0.15) is 60.1 Å². The smallest absolute Gasteiger partial charge is 0.293 e. The first-order valence-corrected chi connectivity index (χ1v) is 21.0. The van der Waals surface area contributed by atoms with Crippen LogP contribution in [-0.2, 0) is 21.2 Å². The Morgan fingerprint density at radius 2 is 1.78 bits per heavy atom. The van der Waals surface area contributed by atoms with Crippen molar-refractivity contribution >= 4 is 44.0 Å². The van der Waals surface area contributed by atoms with Crippen LogP contribution in [0.3, 0.4) is 0 Å². The van der Waals surface area contributed by atoms with Crippen LogP contribution in [0.15, 0.2) is 114 Å². The van der Waals surface area contributed by atoms with Crippen LogP contribution in [-0.4, -0.2) is 55.5 Å². The minimum Gasteiger partial charge on any atom is -0.455 e. The van der Waals surface area contributed by atoms with Crippen molar-refractivity contribution in [3.8, 4) is 22.6 Å². The Morgan fingerprint density at radius 3 is 2.57 bits per heavy atom. The summed E-state index contributed by atoms with van der Waals surface area (Å²) in [4.78, 5) is 34.7. The minimum atomic E-state index is -4.56. The second-order valence-corrected chi connectivity index (χ2v) is 16.3. The van der Waals surface area contributed by atoms with Crippen molar-refractivity contribution in [2.24, 2.45) is 5.92 Å². The van der Waals surface area contributed by atoms with E-state index in [1.54, 1.807) is 24.4 Å². The van der Waals surface area contributed by atoms with Gasteiger partial charge < -0.3 is 24.7 Å². The van der Waals surface area contributed by atoms with Gasteiger partial charge >= 0.3 is 0 Å². The molecule has 14 heteroatoms. The lowest BCUT2D eigenvalue weighted by molar-refractivity contribution is -0.384. The van der Waals surface area contributed by atoms with E-state index in [4.69, 9.17) is 9.47 Å². The number of aromatic nitrogens is 2. The highest BCUT2D eigenvalue weighted by Crippen LogP contribution is 2.39. The molecule has 0 spiro atoms. The maximum absolute atomic E-state index is 13.9. The number of amides is 1. The molecule has 1 unspecified atom stereocenters. The number of sulfonamides is 1. The van der Waals surface area contributed by atoms with E-state index < -0.39 is 31.4 Å². The van der Waals surface area contributed by atoms with E-state index in [1.165, 1.54) is 35.5 Å². The fourth-order valence-electron chi connectivity index (χ4n) is 7.92. The number of pyridine rings is 1. The molecule has 3 N–H and O–H groups in total. The zero-order valence-corrected chi connectivity index (χ0v) is 32.8. The van der Waals surface area contributed by atoms with Crippen molar-refractivity contribution in [3.63, 3.8) is 0 Å². The van der Waals surface area contributed by atoms with Gasteiger partial charge in [-0.25, -0.2) is 18.1 Å². The number of nitro groups is 1. The molecule has 1 atom stereocenters. The Kier molecular flexibility index (Phi) is 11.1. The lowest BCUT2D eigenvalue weighted by atomic mass is 9.96. The number of rotatable bonds is 13. The average Bonchev–Trinajstić information content (AvgIpc) is 3.93. The number of carbonyl (C=O) groups is 1. The summed E-state index contributed by atoms with van der Waals surface area (Å²) in [6, 6.07) is 29.3. The third-order valence-corrected chi connectivity index (χ3v) is 12.4. The zero-order valence-electron chi connectivity index (χ0n) is 32.0. The number of aromatic amines is 1. The maximum Gasteiger partial charge on any atom is 0.293 e. The van der Waals surface area contributed by atoms with Crippen LogP contribution in [0, 0.1) is 16.0 Å². The summed E-state index contributed by atoms with van der Waals surface area (Å²) < 4.78 is 41.0. The van der Waals surface area contributed by atoms with Gasteiger partial charge in [-0.05, 0) is 109 Å². The number of nitrogens with one attached hydrogen (secondary N) is 3. The fraction of sp³-hybridized carbons (Fsp3) is 0.273. The molecule has 2 aliphatic rings. The molecule has 4 heterocycles. The average molecular weight is 801 g/mol. The van der Waals surface area contributed by atoms with E-state index in [9.17, 15) is 23.3 Å². The van der Waals surface area contributed by atoms with Crippen molar-refractivity contribution in [3.05, 3.63) is 136 Å². The van der Waals surface area contributed by atoms with Gasteiger partial charge in [0.15, 0.2) is 0 Å². The number of nitrogens with zero attached hydrogens (tertiary/aromatic N) is 3. The summed E-state index contributed by atoms with van der Waals surface area (Å²) in [7, 11) is -4.56. The Labute approximate surface area is 336 Å². The molecule has 2 aromatic heterocycles.